The van der Waals surface area contributed by atoms with Crippen LogP contribution in [0.1, 0.15) is 24.0 Å². The van der Waals surface area contributed by atoms with Crippen LogP contribution in [0.3, 0.4) is 0 Å². The smallest absolute Gasteiger partial charge is 0.303 e. The number of carboxylic acid groups (broad SMARTS) is 1. The van der Waals surface area contributed by atoms with E-state index in [0.717, 1.165) is 5.56 Å². The van der Waals surface area contributed by atoms with Crippen LogP contribution in [0.25, 0.3) is 0 Å². The van der Waals surface area contributed by atoms with Gasteiger partial charge in [-0.15, -0.1) is 0 Å². The number of nitrogens with one attached hydrogen (secondary N) is 1. The minimum absolute atomic E-state index is 0.102. The summed E-state index contributed by atoms with van der Waals surface area (Å²) < 4.78 is 5.33. The molecule has 2 rings (SSSR count). The van der Waals surface area contributed by atoms with Crippen LogP contribution in [0.4, 0.5) is 0 Å². The van der Waals surface area contributed by atoms with Crippen molar-refractivity contribution in [2.45, 2.75) is 12.8 Å². The Bertz CT molecular complexity index is 841. The molecule has 0 atom stereocenters. The molecule has 2 aromatic rings. The molecule has 0 saturated heterocycles. The van der Waals surface area contributed by atoms with Crippen LogP contribution in [0.15, 0.2) is 59.7 Å². The van der Waals surface area contributed by atoms with E-state index in [0.29, 0.717) is 17.0 Å². The number of para-hydroxylation sites is 1. The largest absolute Gasteiger partial charge is 0.482 e. The third-order valence-electron chi connectivity index (χ3n) is 3.36. The van der Waals surface area contributed by atoms with Gasteiger partial charge in [0, 0.05) is 6.42 Å². The van der Waals surface area contributed by atoms with Crippen LogP contribution in [0, 0.1) is 11.3 Å². The number of benzene rings is 2. The summed E-state index contributed by atoms with van der Waals surface area (Å²) in [6.45, 7) is -0.316. The molecule has 1 amide bonds. The van der Waals surface area contributed by atoms with Gasteiger partial charge in [-0.2, -0.15) is 10.4 Å². The average molecular weight is 351 g/mol. The van der Waals surface area contributed by atoms with Crippen molar-refractivity contribution < 1.29 is 19.4 Å². The Morgan fingerprint density at radius 2 is 1.77 bits per heavy atom. The second kappa shape index (κ2) is 9.59. The van der Waals surface area contributed by atoms with Crippen molar-refractivity contribution in [3.05, 3.63) is 65.7 Å². The number of amides is 1. The van der Waals surface area contributed by atoms with Crippen molar-refractivity contribution >= 4 is 17.6 Å². The zero-order chi connectivity index (χ0) is 18.8. The molecule has 0 aliphatic rings. The molecule has 132 valence electrons. The Kier molecular flexibility index (Phi) is 6.89. The Morgan fingerprint density at radius 3 is 2.46 bits per heavy atom. The highest BCUT2D eigenvalue weighted by Gasteiger charge is 2.09. The number of hydrogen-bond acceptors (Lipinski definition) is 5. The zero-order valence-electron chi connectivity index (χ0n) is 13.9. The maximum atomic E-state index is 11.9. The number of rotatable bonds is 8. The molecule has 0 unspecified atom stereocenters. The van der Waals surface area contributed by atoms with E-state index in [4.69, 9.17) is 15.1 Å². The minimum Gasteiger partial charge on any atom is -0.482 e. The molecule has 0 radical (unpaired) electrons. The lowest BCUT2D eigenvalue weighted by atomic mass is 10.1. The summed E-state index contributed by atoms with van der Waals surface area (Å²) in [6.07, 6.45) is 0.0768. The van der Waals surface area contributed by atoms with E-state index in [9.17, 15) is 9.59 Å². The standard InChI is InChI=1S/C19H17N3O4/c20-12-15-8-4-5-9-17(15)26-13-18(23)22-21-16(10-11-19(24)25)14-6-2-1-3-7-14/h1-9H,10-11,13H2,(H,22,23)(H,24,25). The van der Waals surface area contributed by atoms with Gasteiger partial charge in [0.25, 0.3) is 5.91 Å². The summed E-state index contributed by atoms with van der Waals surface area (Å²) in [6, 6.07) is 17.6. The number of carbonyl (C=O) groups is 2. The molecule has 2 N–H and O–H groups in total. The lowest BCUT2D eigenvalue weighted by molar-refractivity contribution is -0.136. The van der Waals surface area contributed by atoms with Crippen molar-refractivity contribution in [1.29, 1.82) is 5.26 Å². The molecule has 0 fully saturated rings. The van der Waals surface area contributed by atoms with E-state index >= 15 is 0 Å². The van der Waals surface area contributed by atoms with E-state index in [1.54, 1.807) is 48.5 Å². The summed E-state index contributed by atoms with van der Waals surface area (Å²) >= 11 is 0. The highest BCUT2D eigenvalue weighted by atomic mass is 16.5. The van der Waals surface area contributed by atoms with Crippen LogP contribution in [0.5, 0.6) is 5.75 Å². The van der Waals surface area contributed by atoms with Crippen molar-refractivity contribution in [2.75, 3.05) is 6.61 Å². The normalized spacial score (nSPS) is 10.7. The maximum absolute atomic E-state index is 11.9. The number of carboxylic acids is 1. The molecule has 2 aromatic carbocycles. The van der Waals surface area contributed by atoms with Crippen molar-refractivity contribution in [2.24, 2.45) is 5.10 Å². The number of carbonyl (C=O) groups excluding carboxylic acids is 1. The molecular weight excluding hydrogens is 334 g/mol. The lowest BCUT2D eigenvalue weighted by Crippen LogP contribution is -2.26. The Balaban J connectivity index is 2.00. The molecule has 0 heterocycles. The molecule has 0 saturated carbocycles. The minimum atomic E-state index is -0.948. The van der Waals surface area contributed by atoms with E-state index in [-0.39, 0.29) is 19.4 Å². The highest BCUT2D eigenvalue weighted by Crippen LogP contribution is 2.16. The first kappa shape index (κ1) is 18.7. The molecule has 0 aliphatic heterocycles. The number of ether oxygens (including phenoxy) is 1. The van der Waals surface area contributed by atoms with Crippen LogP contribution >= 0.6 is 0 Å². The van der Waals surface area contributed by atoms with Gasteiger partial charge in [-0.25, -0.2) is 5.43 Å². The van der Waals surface area contributed by atoms with Crippen LogP contribution in [-0.4, -0.2) is 29.3 Å². The Labute approximate surface area is 150 Å². The molecule has 7 heteroatoms. The van der Waals surface area contributed by atoms with Crippen molar-refractivity contribution in [1.82, 2.24) is 5.43 Å². The topological polar surface area (TPSA) is 112 Å². The first-order chi connectivity index (χ1) is 12.6. The molecular formula is C19H17N3O4. The maximum Gasteiger partial charge on any atom is 0.303 e. The molecule has 0 spiro atoms. The SMILES string of the molecule is N#Cc1ccccc1OCC(=O)NN=C(CCC(=O)O)c1ccccc1. The quantitative estimate of drug-likeness (QED) is 0.560. The fourth-order valence-corrected chi connectivity index (χ4v) is 2.11. The third-order valence-corrected chi connectivity index (χ3v) is 3.36. The third kappa shape index (κ3) is 5.76. The van der Waals surface area contributed by atoms with Gasteiger partial charge in [-0.1, -0.05) is 42.5 Å². The van der Waals surface area contributed by atoms with Crippen molar-refractivity contribution in [3.63, 3.8) is 0 Å². The summed E-state index contributed by atoms with van der Waals surface area (Å²) in [5.74, 6) is -1.15. The van der Waals surface area contributed by atoms with Gasteiger partial charge in [-0.05, 0) is 17.7 Å². The van der Waals surface area contributed by atoms with Gasteiger partial charge in [0.1, 0.15) is 11.8 Å². The average Bonchev–Trinajstić information content (AvgIpc) is 2.67. The number of hydrazone groups is 1. The van der Waals surface area contributed by atoms with Crippen LogP contribution < -0.4 is 10.2 Å². The van der Waals surface area contributed by atoms with Gasteiger partial charge in [0.2, 0.25) is 0 Å². The van der Waals surface area contributed by atoms with E-state index in [1.807, 2.05) is 12.1 Å². The first-order valence-corrected chi connectivity index (χ1v) is 7.84. The lowest BCUT2D eigenvalue weighted by Gasteiger charge is -2.08. The zero-order valence-corrected chi connectivity index (χ0v) is 13.9. The fraction of sp³-hybridized carbons (Fsp3) is 0.158. The number of nitriles is 1. The second-order valence-corrected chi connectivity index (χ2v) is 5.25. The molecule has 7 nitrogen and oxygen atoms in total. The van der Waals surface area contributed by atoms with E-state index in [1.165, 1.54) is 0 Å². The van der Waals surface area contributed by atoms with E-state index in [2.05, 4.69) is 10.5 Å². The number of aliphatic carboxylic acids is 1. The van der Waals surface area contributed by atoms with Crippen LogP contribution in [-0.2, 0) is 9.59 Å². The number of hydrogen-bond donors (Lipinski definition) is 2. The molecule has 26 heavy (non-hydrogen) atoms. The van der Waals surface area contributed by atoms with Gasteiger partial charge < -0.3 is 9.84 Å². The summed E-state index contributed by atoms with van der Waals surface area (Å²) in [5, 5.41) is 21.9. The van der Waals surface area contributed by atoms with Gasteiger partial charge in [-0.3, -0.25) is 9.59 Å². The second-order valence-electron chi connectivity index (χ2n) is 5.25. The summed E-state index contributed by atoms with van der Waals surface area (Å²) in [5.41, 5.74) is 3.87. The van der Waals surface area contributed by atoms with E-state index < -0.39 is 11.9 Å². The summed E-state index contributed by atoms with van der Waals surface area (Å²) in [7, 11) is 0. The van der Waals surface area contributed by atoms with Gasteiger partial charge in [0.15, 0.2) is 6.61 Å². The molecule has 0 bridgehead atoms. The molecule has 0 aliphatic carbocycles. The van der Waals surface area contributed by atoms with Crippen molar-refractivity contribution in [3.8, 4) is 11.8 Å². The number of nitrogens with zero attached hydrogens (tertiary/aromatic N) is 2. The van der Waals surface area contributed by atoms with Gasteiger partial charge >= 0.3 is 5.97 Å². The monoisotopic (exact) mass is 351 g/mol. The molecule has 0 aromatic heterocycles. The predicted octanol–water partition coefficient (Wildman–Crippen LogP) is 2.32. The highest BCUT2D eigenvalue weighted by molar-refractivity contribution is 6.02. The van der Waals surface area contributed by atoms with Gasteiger partial charge in [0.05, 0.1) is 17.7 Å². The summed E-state index contributed by atoms with van der Waals surface area (Å²) in [4.78, 5) is 22.8. The fourth-order valence-electron chi connectivity index (χ4n) is 2.11. The first-order valence-electron chi connectivity index (χ1n) is 7.84. The van der Waals surface area contributed by atoms with Crippen LogP contribution in [0.2, 0.25) is 0 Å². The Hall–Kier alpha value is -3.66. The Morgan fingerprint density at radius 1 is 1.08 bits per heavy atom. The predicted molar refractivity (Wildman–Crippen MR) is 94.6 cm³/mol.